The van der Waals surface area contributed by atoms with Crippen molar-refractivity contribution in [3.8, 4) is 0 Å². The summed E-state index contributed by atoms with van der Waals surface area (Å²) in [5, 5.41) is 0. The molecule has 28 unspecified atom stereocenters. The minimum absolute atomic E-state index is 0.380. The Morgan fingerprint density at radius 3 is 1.02 bits per heavy atom. The largest absolute Gasteiger partial charge is 0.295 e. The third kappa shape index (κ3) is 16.5. The van der Waals surface area contributed by atoms with Crippen LogP contribution in [0.4, 0.5) is 0 Å². The van der Waals surface area contributed by atoms with Gasteiger partial charge in [0.05, 0.1) is 0 Å². The van der Waals surface area contributed by atoms with Crippen molar-refractivity contribution in [2.24, 2.45) is 165 Å². The summed E-state index contributed by atoms with van der Waals surface area (Å²) in [6, 6.07) is 9.90. The first-order valence-corrected chi connectivity index (χ1v) is 59.4. The van der Waals surface area contributed by atoms with Gasteiger partial charge in [0.2, 0.25) is 0 Å². The summed E-state index contributed by atoms with van der Waals surface area (Å²) in [5.41, 5.74) is 0.764. The highest BCUT2D eigenvalue weighted by molar-refractivity contribution is 6.65. The monoisotopic (exact) mass is 1680 g/mol. The van der Waals surface area contributed by atoms with Crippen molar-refractivity contribution in [2.45, 2.75) is 575 Å². The van der Waals surface area contributed by atoms with Gasteiger partial charge in [-0.05, 0) is 375 Å². The van der Waals surface area contributed by atoms with E-state index in [0.29, 0.717) is 10.8 Å². The van der Waals surface area contributed by atoms with Crippen molar-refractivity contribution in [1.82, 2.24) is 19.6 Å². The molecule has 4 nitrogen and oxygen atoms in total. The SMILES string of the molecule is CC(C)(C)C1CC(C2CCCCC2)C(N2C3CCCCC3B3C4CCC(N5C6CCCCC6C6CCCCC65)CC4N(C4C(C5CCCCC5)CC(C(C)(C)C)CC4C4CCCCC4)C4CC(N(C5CCC(C6CCCCC6)CC5)C5CCC(C6CCCCC6)CC5)CC2C34)C(C2CCC(C3CC4CCCC5C6CCCC7CCCC(C(C3)C45)C76)CC2)C1. The highest BCUT2D eigenvalue weighted by atomic mass is 15.3. The van der Waals surface area contributed by atoms with Gasteiger partial charge in [-0.15, -0.1) is 0 Å². The van der Waals surface area contributed by atoms with Crippen molar-refractivity contribution in [2.75, 3.05) is 0 Å². The Hall–Kier alpha value is -0.0951. The van der Waals surface area contributed by atoms with Gasteiger partial charge in [0.1, 0.15) is 0 Å². The average molecular weight is 1680 g/mol. The van der Waals surface area contributed by atoms with Gasteiger partial charge in [-0.3, -0.25) is 19.6 Å². The zero-order valence-corrected chi connectivity index (χ0v) is 81.8. The van der Waals surface area contributed by atoms with Crippen LogP contribution in [0.5, 0.6) is 0 Å². The summed E-state index contributed by atoms with van der Waals surface area (Å²) in [5.74, 6) is 29.1. The smallest absolute Gasteiger partial charge is 0.156 e. The summed E-state index contributed by atoms with van der Waals surface area (Å²) >= 11 is 0. The van der Waals surface area contributed by atoms with E-state index in [1.165, 1.54) is 70.6 Å². The molecule has 28 atom stereocenters. The van der Waals surface area contributed by atoms with Crippen LogP contribution in [-0.4, -0.2) is 98.8 Å². The van der Waals surface area contributed by atoms with Crippen molar-refractivity contribution < 1.29 is 0 Å². The average Bonchev–Trinajstić information content (AvgIpc) is 0.738. The molecule has 20 aliphatic carbocycles. The highest BCUT2D eigenvalue weighted by Crippen LogP contribution is 2.71. The Labute approximate surface area is 760 Å². The van der Waals surface area contributed by atoms with Gasteiger partial charge in [0.15, 0.2) is 6.71 Å². The van der Waals surface area contributed by atoms with Gasteiger partial charge in [-0.2, -0.15) is 0 Å². The van der Waals surface area contributed by atoms with Crippen LogP contribution >= 0.6 is 0 Å². The van der Waals surface area contributed by atoms with Crippen molar-refractivity contribution in [1.29, 1.82) is 0 Å². The fourth-order valence-corrected chi connectivity index (χ4v) is 44.1. The number of fused-ring (bicyclic) bond motifs is 9. The summed E-state index contributed by atoms with van der Waals surface area (Å²) in [6.07, 6.45) is 109. The summed E-state index contributed by atoms with van der Waals surface area (Å²) < 4.78 is 0. The lowest BCUT2D eigenvalue weighted by atomic mass is 9.18. The number of hydrogen-bond donors (Lipinski definition) is 0. The maximum Gasteiger partial charge on any atom is 0.156 e. The van der Waals surface area contributed by atoms with E-state index in [4.69, 9.17) is 0 Å². The predicted octanol–water partition coefficient (Wildman–Crippen LogP) is 31.6. The molecule has 3 heterocycles. The van der Waals surface area contributed by atoms with Crippen molar-refractivity contribution in [3.63, 3.8) is 0 Å². The molecule has 0 aromatic carbocycles. The summed E-state index contributed by atoms with van der Waals surface area (Å²) in [6.45, 7) is 17.8. The van der Waals surface area contributed by atoms with Crippen LogP contribution in [0.15, 0.2) is 0 Å². The minimum Gasteiger partial charge on any atom is -0.295 e. The first-order chi connectivity index (χ1) is 60.3. The zero-order chi connectivity index (χ0) is 82.3. The van der Waals surface area contributed by atoms with Gasteiger partial charge >= 0.3 is 0 Å². The molecule has 0 N–H and O–H groups in total. The standard InChI is InChI=1S/C118H197BN4/c1-117(2,3)88-70-100(82-37-18-10-19-38-82)116(101(71-88)83-39-20-11-21-40-83)123-109-73-92(121-106-50-25-22-44-94(106)95-45-23-26-51-107(95)121)65-66-105(109)119-104-49-24-27-52-108(104)122(110-74-93(75-111(123)114(110)119)120(90-61-57-78(58-62-90)76-31-12-7-13-32-76)91-63-59-79(60-64-91)77-33-14-8-15-34-77)115-99(81-35-16-9-17-36-81)69-89(118(4,5)6)72-102(115)84-55-53-80(54-56-84)87-67-86-43-30-47-97-96-46-28-41-85-42-29-48-98(112(85)96)103(68-87)113(86)97/h76-116H,7-75H2,1-6H3. The predicted molar refractivity (Wildman–Crippen MR) is 518 cm³/mol. The van der Waals surface area contributed by atoms with Crippen LogP contribution in [-0.2, 0) is 0 Å². The van der Waals surface area contributed by atoms with Crippen LogP contribution < -0.4 is 0 Å². The van der Waals surface area contributed by atoms with Gasteiger partial charge in [-0.1, -0.05) is 292 Å². The molecule has 0 amide bonds. The van der Waals surface area contributed by atoms with E-state index in [-0.39, 0.29) is 0 Å². The number of nitrogens with zero attached hydrogens (tertiary/aromatic N) is 4. The molecule has 0 aromatic heterocycles. The summed E-state index contributed by atoms with van der Waals surface area (Å²) in [7, 11) is 0. The second-order valence-electron chi connectivity index (χ2n) is 55.3. The Morgan fingerprint density at radius 2 is 0.545 bits per heavy atom. The highest BCUT2D eigenvalue weighted by Gasteiger charge is 2.71. The molecule has 23 fully saturated rings. The Bertz CT molecular complexity index is 3280. The molecule has 0 bridgehead atoms. The molecular weight excluding hydrogens is 1480 g/mol. The minimum atomic E-state index is 0.380. The van der Waals surface area contributed by atoms with Crippen LogP contribution in [0.1, 0.15) is 485 Å². The molecule has 0 radical (unpaired) electrons. The van der Waals surface area contributed by atoms with E-state index >= 15 is 0 Å². The second-order valence-corrected chi connectivity index (χ2v) is 55.3. The van der Waals surface area contributed by atoms with E-state index in [1.54, 1.807) is 372 Å². The van der Waals surface area contributed by atoms with E-state index in [0.717, 1.165) is 251 Å². The maximum absolute atomic E-state index is 4.09. The lowest BCUT2D eigenvalue weighted by molar-refractivity contribution is -0.153. The third-order valence-corrected chi connectivity index (χ3v) is 48.8. The first kappa shape index (κ1) is 87.0. The Morgan fingerprint density at radius 1 is 0.203 bits per heavy atom. The number of rotatable bonds is 13. The van der Waals surface area contributed by atoms with E-state index in [2.05, 4.69) is 61.1 Å². The fraction of sp³-hybridized carbons (Fsp3) is 1.00. The summed E-state index contributed by atoms with van der Waals surface area (Å²) in [4.78, 5) is 15.5. The van der Waals surface area contributed by atoms with Gasteiger partial charge in [-0.25, -0.2) is 0 Å². The van der Waals surface area contributed by atoms with Crippen LogP contribution in [0, 0.1) is 165 Å². The topological polar surface area (TPSA) is 13.0 Å². The lowest BCUT2D eigenvalue weighted by Gasteiger charge is -2.73. The molecule has 20 saturated carbocycles. The third-order valence-electron chi connectivity index (χ3n) is 48.8. The van der Waals surface area contributed by atoms with Gasteiger partial charge in [0, 0.05) is 72.5 Å². The first-order valence-electron chi connectivity index (χ1n) is 59.4. The van der Waals surface area contributed by atoms with Gasteiger partial charge < -0.3 is 0 Å². The maximum atomic E-state index is 4.09. The Kier molecular flexibility index (Phi) is 26.3. The Balaban J connectivity index is 0.676. The quantitative estimate of drug-likeness (QED) is 0.170. The van der Waals surface area contributed by atoms with Crippen molar-refractivity contribution in [3.05, 3.63) is 0 Å². The number of likely N-dealkylation sites (tertiary alicyclic amines) is 1. The fourth-order valence-electron chi connectivity index (χ4n) is 44.1. The van der Waals surface area contributed by atoms with Crippen LogP contribution in [0.25, 0.3) is 0 Å². The molecule has 5 heteroatoms. The van der Waals surface area contributed by atoms with E-state index in [9.17, 15) is 0 Å². The molecule has 3 saturated heterocycles. The molecule has 23 rings (SSSR count). The molecule has 0 aromatic rings. The van der Waals surface area contributed by atoms with E-state index in [1.807, 2.05) is 0 Å². The zero-order valence-electron chi connectivity index (χ0n) is 81.8. The molecular formula is C118H197BN4. The van der Waals surface area contributed by atoms with Crippen LogP contribution in [0.2, 0.25) is 17.5 Å². The molecule has 0 spiro atoms. The second kappa shape index (κ2) is 37.2. The van der Waals surface area contributed by atoms with E-state index < -0.39 is 0 Å². The van der Waals surface area contributed by atoms with Crippen molar-refractivity contribution >= 4 is 6.71 Å². The lowest BCUT2D eigenvalue weighted by Crippen LogP contribution is -2.78. The number of hydrogen-bond acceptors (Lipinski definition) is 4. The molecule has 3 aliphatic heterocycles. The molecule has 123 heavy (non-hydrogen) atoms. The molecule has 23 aliphatic rings. The normalized spacial score (nSPS) is 50.0. The van der Waals surface area contributed by atoms with Crippen LogP contribution in [0.3, 0.4) is 0 Å². The molecule has 692 valence electrons. The van der Waals surface area contributed by atoms with Gasteiger partial charge in [0.25, 0.3) is 0 Å².